The largest absolute Gasteiger partial charge is 0.478 e. The molecule has 1 rings (SSSR count). The topological polar surface area (TPSA) is 69.6 Å². The third-order valence-corrected chi connectivity index (χ3v) is 2.74. The summed E-state index contributed by atoms with van der Waals surface area (Å²) in [7, 11) is 1.71. The SMILES string of the molecule is CN(Cc1ccc(C(=O)O)cc1)C(=O)NCC(C)(C)C. The van der Waals surface area contributed by atoms with Crippen LogP contribution in [0.15, 0.2) is 24.3 Å². The number of hydrogen-bond donors (Lipinski definition) is 2. The van der Waals surface area contributed by atoms with Gasteiger partial charge in [-0.25, -0.2) is 9.59 Å². The van der Waals surface area contributed by atoms with Gasteiger partial charge in [0.15, 0.2) is 0 Å². The van der Waals surface area contributed by atoms with Gasteiger partial charge >= 0.3 is 12.0 Å². The van der Waals surface area contributed by atoms with E-state index in [1.54, 1.807) is 36.2 Å². The highest BCUT2D eigenvalue weighted by atomic mass is 16.4. The van der Waals surface area contributed by atoms with Crippen LogP contribution in [-0.2, 0) is 6.54 Å². The molecule has 0 heterocycles. The van der Waals surface area contributed by atoms with Crippen molar-refractivity contribution in [3.8, 4) is 0 Å². The predicted octanol–water partition coefficient (Wildman–Crippen LogP) is 2.57. The lowest BCUT2D eigenvalue weighted by molar-refractivity contribution is 0.0697. The Bertz CT molecular complexity index is 475. The van der Waals surface area contributed by atoms with E-state index in [1.165, 1.54) is 0 Å². The molecule has 0 aliphatic carbocycles. The number of carboxylic acids is 1. The minimum Gasteiger partial charge on any atom is -0.478 e. The van der Waals surface area contributed by atoms with Gasteiger partial charge in [-0.3, -0.25) is 0 Å². The van der Waals surface area contributed by atoms with Crippen molar-refractivity contribution in [2.24, 2.45) is 5.41 Å². The molecule has 0 fully saturated rings. The minimum atomic E-state index is -0.951. The third kappa shape index (κ3) is 5.30. The number of carbonyl (C=O) groups is 2. The lowest BCUT2D eigenvalue weighted by Crippen LogP contribution is -2.40. The van der Waals surface area contributed by atoms with Gasteiger partial charge in [-0.2, -0.15) is 0 Å². The first-order valence-corrected chi connectivity index (χ1v) is 6.50. The van der Waals surface area contributed by atoms with Gasteiger partial charge in [0.2, 0.25) is 0 Å². The number of carbonyl (C=O) groups excluding carboxylic acids is 1. The summed E-state index contributed by atoms with van der Waals surface area (Å²) in [5, 5.41) is 11.7. The fourth-order valence-corrected chi connectivity index (χ4v) is 1.57. The summed E-state index contributed by atoms with van der Waals surface area (Å²) in [6, 6.07) is 6.38. The van der Waals surface area contributed by atoms with Crippen molar-refractivity contribution in [1.29, 1.82) is 0 Å². The Morgan fingerprint density at radius 3 is 2.20 bits per heavy atom. The molecule has 0 atom stereocenters. The van der Waals surface area contributed by atoms with E-state index in [0.29, 0.717) is 13.1 Å². The smallest absolute Gasteiger partial charge is 0.335 e. The summed E-state index contributed by atoms with van der Waals surface area (Å²) in [5.74, 6) is -0.951. The van der Waals surface area contributed by atoms with Crippen LogP contribution in [0.2, 0.25) is 0 Å². The van der Waals surface area contributed by atoms with Crippen LogP contribution in [0, 0.1) is 5.41 Å². The molecule has 0 saturated heterocycles. The van der Waals surface area contributed by atoms with Gasteiger partial charge < -0.3 is 15.3 Å². The number of amides is 2. The van der Waals surface area contributed by atoms with Crippen LogP contribution in [0.4, 0.5) is 4.79 Å². The third-order valence-electron chi connectivity index (χ3n) is 2.74. The Labute approximate surface area is 119 Å². The quantitative estimate of drug-likeness (QED) is 0.889. The Morgan fingerprint density at radius 1 is 1.20 bits per heavy atom. The Morgan fingerprint density at radius 2 is 1.75 bits per heavy atom. The monoisotopic (exact) mass is 278 g/mol. The molecule has 20 heavy (non-hydrogen) atoms. The Kier molecular flexibility index (Phi) is 5.13. The van der Waals surface area contributed by atoms with E-state index in [0.717, 1.165) is 5.56 Å². The second-order valence-electron chi connectivity index (χ2n) is 6.08. The molecule has 1 aromatic rings. The van der Waals surface area contributed by atoms with Crippen molar-refractivity contribution in [3.05, 3.63) is 35.4 Å². The Hall–Kier alpha value is -2.04. The van der Waals surface area contributed by atoms with E-state index in [9.17, 15) is 9.59 Å². The number of nitrogens with one attached hydrogen (secondary N) is 1. The van der Waals surface area contributed by atoms with Gasteiger partial charge in [0.05, 0.1) is 5.56 Å². The van der Waals surface area contributed by atoms with Crippen molar-refractivity contribution < 1.29 is 14.7 Å². The number of aromatic carboxylic acids is 1. The molecular formula is C15H22N2O3. The molecule has 5 heteroatoms. The van der Waals surface area contributed by atoms with E-state index in [-0.39, 0.29) is 17.0 Å². The average Bonchev–Trinajstić information content (AvgIpc) is 2.35. The molecule has 0 spiro atoms. The predicted molar refractivity (Wildman–Crippen MR) is 77.7 cm³/mol. The first-order valence-electron chi connectivity index (χ1n) is 6.50. The van der Waals surface area contributed by atoms with Crippen LogP contribution in [0.5, 0.6) is 0 Å². The van der Waals surface area contributed by atoms with Crippen molar-refractivity contribution in [2.75, 3.05) is 13.6 Å². The molecule has 5 nitrogen and oxygen atoms in total. The lowest BCUT2D eigenvalue weighted by atomic mass is 9.97. The molecule has 0 bridgehead atoms. The fraction of sp³-hybridized carbons (Fsp3) is 0.467. The molecule has 0 aromatic heterocycles. The summed E-state index contributed by atoms with van der Waals surface area (Å²) < 4.78 is 0. The van der Waals surface area contributed by atoms with Gasteiger partial charge in [0, 0.05) is 20.1 Å². The lowest BCUT2D eigenvalue weighted by Gasteiger charge is -2.23. The van der Waals surface area contributed by atoms with E-state index in [1.807, 2.05) is 0 Å². The number of benzene rings is 1. The molecule has 0 aliphatic heterocycles. The van der Waals surface area contributed by atoms with Gasteiger partial charge in [0.1, 0.15) is 0 Å². The normalized spacial score (nSPS) is 11.0. The first kappa shape index (κ1) is 16.0. The van der Waals surface area contributed by atoms with Crippen LogP contribution in [0.25, 0.3) is 0 Å². The standard InChI is InChI=1S/C15H22N2O3/c1-15(2,3)10-16-14(20)17(4)9-11-5-7-12(8-6-11)13(18)19/h5-8H,9-10H2,1-4H3,(H,16,20)(H,18,19). The van der Waals surface area contributed by atoms with Crippen LogP contribution >= 0.6 is 0 Å². The van der Waals surface area contributed by atoms with Crippen LogP contribution in [0.3, 0.4) is 0 Å². The van der Waals surface area contributed by atoms with Gasteiger partial charge in [-0.1, -0.05) is 32.9 Å². The maximum atomic E-state index is 11.9. The van der Waals surface area contributed by atoms with Crippen LogP contribution in [-0.4, -0.2) is 35.6 Å². The highest BCUT2D eigenvalue weighted by Crippen LogP contribution is 2.11. The van der Waals surface area contributed by atoms with E-state index < -0.39 is 5.97 Å². The minimum absolute atomic E-state index is 0.0413. The van der Waals surface area contributed by atoms with Gasteiger partial charge in [-0.15, -0.1) is 0 Å². The molecule has 2 N–H and O–H groups in total. The van der Waals surface area contributed by atoms with Crippen molar-refractivity contribution in [2.45, 2.75) is 27.3 Å². The molecule has 0 radical (unpaired) electrons. The number of rotatable bonds is 4. The van der Waals surface area contributed by atoms with Crippen molar-refractivity contribution in [3.63, 3.8) is 0 Å². The highest BCUT2D eigenvalue weighted by Gasteiger charge is 2.14. The summed E-state index contributed by atoms with van der Waals surface area (Å²) in [4.78, 5) is 24.2. The van der Waals surface area contributed by atoms with Crippen LogP contribution in [0.1, 0.15) is 36.7 Å². The number of urea groups is 1. The second kappa shape index (κ2) is 6.41. The van der Waals surface area contributed by atoms with Crippen molar-refractivity contribution >= 4 is 12.0 Å². The zero-order valence-corrected chi connectivity index (χ0v) is 12.4. The maximum absolute atomic E-state index is 11.9. The number of nitrogens with zero attached hydrogens (tertiary/aromatic N) is 1. The first-order chi connectivity index (χ1) is 9.19. The molecule has 2 amide bonds. The molecule has 1 aromatic carbocycles. The molecule has 0 saturated carbocycles. The summed E-state index contributed by atoms with van der Waals surface area (Å²) in [6.07, 6.45) is 0. The molecule has 110 valence electrons. The second-order valence-corrected chi connectivity index (χ2v) is 6.08. The highest BCUT2D eigenvalue weighted by molar-refractivity contribution is 5.87. The zero-order chi connectivity index (χ0) is 15.3. The maximum Gasteiger partial charge on any atom is 0.335 e. The summed E-state index contributed by atoms with van der Waals surface area (Å²) in [6.45, 7) is 7.21. The van der Waals surface area contributed by atoms with Gasteiger partial charge in [0.25, 0.3) is 0 Å². The molecular weight excluding hydrogens is 256 g/mol. The zero-order valence-electron chi connectivity index (χ0n) is 12.4. The Balaban J connectivity index is 2.55. The molecule has 0 aliphatic rings. The van der Waals surface area contributed by atoms with Crippen molar-refractivity contribution in [1.82, 2.24) is 10.2 Å². The van der Waals surface area contributed by atoms with E-state index in [4.69, 9.17) is 5.11 Å². The van der Waals surface area contributed by atoms with E-state index >= 15 is 0 Å². The van der Waals surface area contributed by atoms with Crippen LogP contribution < -0.4 is 5.32 Å². The number of hydrogen-bond acceptors (Lipinski definition) is 2. The fourth-order valence-electron chi connectivity index (χ4n) is 1.57. The number of carboxylic acid groups (broad SMARTS) is 1. The molecule has 0 unspecified atom stereocenters. The van der Waals surface area contributed by atoms with E-state index in [2.05, 4.69) is 26.1 Å². The average molecular weight is 278 g/mol. The summed E-state index contributed by atoms with van der Waals surface area (Å²) >= 11 is 0. The summed E-state index contributed by atoms with van der Waals surface area (Å²) in [5.41, 5.74) is 1.18. The van der Waals surface area contributed by atoms with Gasteiger partial charge in [-0.05, 0) is 23.1 Å².